The molecule has 1 aromatic carbocycles. The van der Waals surface area contributed by atoms with E-state index < -0.39 is 17.5 Å². The van der Waals surface area contributed by atoms with Gasteiger partial charge >= 0.3 is 0 Å². The number of amides is 1. The second kappa shape index (κ2) is 5.26. The molecule has 1 amide bonds. The fraction of sp³-hybridized carbons (Fsp3) is 0.562. The van der Waals surface area contributed by atoms with Crippen LogP contribution in [0.4, 0.5) is 13.2 Å². The zero-order chi connectivity index (χ0) is 16.0. The van der Waals surface area contributed by atoms with Gasteiger partial charge in [-0.3, -0.25) is 4.79 Å². The maximum atomic E-state index is 13.5. The summed E-state index contributed by atoms with van der Waals surface area (Å²) >= 11 is 0. The summed E-state index contributed by atoms with van der Waals surface area (Å²) in [7, 11) is 0. The van der Waals surface area contributed by atoms with Crippen LogP contribution in [0, 0.1) is 17.5 Å². The number of nitrogens with one attached hydrogen (secondary N) is 1. The number of benzene rings is 1. The molecule has 3 nitrogen and oxygen atoms in total. The molecule has 3 aliphatic carbocycles. The fourth-order valence-corrected chi connectivity index (χ4v) is 3.94. The van der Waals surface area contributed by atoms with Crippen molar-refractivity contribution in [3.05, 3.63) is 35.1 Å². The molecule has 2 bridgehead atoms. The van der Waals surface area contributed by atoms with Crippen LogP contribution in [-0.4, -0.2) is 17.0 Å². The summed E-state index contributed by atoms with van der Waals surface area (Å²) in [6, 6.07) is 2.05. The first-order chi connectivity index (χ1) is 10.3. The van der Waals surface area contributed by atoms with Gasteiger partial charge < -0.3 is 11.1 Å². The highest BCUT2D eigenvalue weighted by atomic mass is 19.2. The molecular weight excluding hydrogens is 293 g/mol. The minimum Gasteiger partial charge on any atom is -0.351 e. The van der Waals surface area contributed by atoms with Crippen molar-refractivity contribution < 1.29 is 18.0 Å². The van der Waals surface area contributed by atoms with Gasteiger partial charge in [0.15, 0.2) is 17.5 Å². The molecule has 0 atom stereocenters. The topological polar surface area (TPSA) is 55.1 Å². The largest absolute Gasteiger partial charge is 0.351 e. The molecule has 6 heteroatoms. The van der Waals surface area contributed by atoms with E-state index in [0.717, 1.165) is 38.2 Å². The first kappa shape index (κ1) is 15.3. The van der Waals surface area contributed by atoms with Gasteiger partial charge in [-0.1, -0.05) is 6.07 Å². The normalized spacial score (nSPS) is 29.8. The number of fused-ring (bicyclic) bond motifs is 2. The maximum Gasteiger partial charge on any atom is 0.220 e. The molecule has 0 aromatic heterocycles. The van der Waals surface area contributed by atoms with E-state index in [1.807, 2.05) is 0 Å². The van der Waals surface area contributed by atoms with Crippen LogP contribution in [-0.2, 0) is 11.2 Å². The standard InChI is InChI=1S/C16H19F3N2O/c17-11-4-2-10(13(18)14(11)19)3-5-12(22)21-16-7-1-6-15(20,8-16)9-16/h2,4H,1,3,5-9,20H2,(H,21,22). The van der Waals surface area contributed by atoms with Crippen molar-refractivity contribution >= 4 is 5.91 Å². The number of carbonyl (C=O) groups excluding carboxylic acids is 1. The smallest absolute Gasteiger partial charge is 0.220 e. The van der Waals surface area contributed by atoms with Gasteiger partial charge in [0.2, 0.25) is 5.91 Å². The number of hydrogen-bond acceptors (Lipinski definition) is 2. The minimum atomic E-state index is -1.49. The van der Waals surface area contributed by atoms with Gasteiger partial charge in [-0.15, -0.1) is 0 Å². The molecule has 0 spiro atoms. The number of hydrogen-bond donors (Lipinski definition) is 2. The highest BCUT2D eigenvalue weighted by Gasteiger charge is 2.55. The molecule has 0 aliphatic heterocycles. The number of aryl methyl sites for hydroxylation is 1. The van der Waals surface area contributed by atoms with Gasteiger partial charge in [0, 0.05) is 17.5 Å². The Kier molecular flexibility index (Phi) is 3.67. The maximum absolute atomic E-state index is 13.5. The second-order valence-electron chi connectivity index (χ2n) is 6.73. The van der Waals surface area contributed by atoms with Crippen LogP contribution in [0.3, 0.4) is 0 Å². The van der Waals surface area contributed by atoms with Gasteiger partial charge in [-0.25, -0.2) is 13.2 Å². The molecule has 3 aliphatic rings. The molecule has 3 saturated carbocycles. The van der Waals surface area contributed by atoms with Crippen LogP contribution in [0.5, 0.6) is 0 Å². The Hall–Kier alpha value is -1.56. The lowest BCUT2D eigenvalue weighted by atomic mass is 9.55. The van der Waals surface area contributed by atoms with Crippen molar-refractivity contribution in [2.75, 3.05) is 0 Å². The quantitative estimate of drug-likeness (QED) is 0.840. The van der Waals surface area contributed by atoms with E-state index in [4.69, 9.17) is 5.73 Å². The molecule has 0 unspecified atom stereocenters. The van der Waals surface area contributed by atoms with E-state index in [-0.39, 0.29) is 35.4 Å². The van der Waals surface area contributed by atoms with Crippen molar-refractivity contribution in [3.8, 4) is 0 Å². The Morgan fingerprint density at radius 3 is 2.59 bits per heavy atom. The van der Waals surface area contributed by atoms with Crippen LogP contribution in [0.15, 0.2) is 12.1 Å². The molecule has 4 rings (SSSR count). The van der Waals surface area contributed by atoms with Crippen molar-refractivity contribution in [2.24, 2.45) is 5.73 Å². The van der Waals surface area contributed by atoms with Crippen molar-refractivity contribution in [1.82, 2.24) is 5.32 Å². The van der Waals surface area contributed by atoms with E-state index in [0.29, 0.717) is 0 Å². The minimum absolute atomic E-state index is 0.0111. The lowest BCUT2D eigenvalue weighted by Crippen LogP contribution is -2.71. The third kappa shape index (κ3) is 2.72. The van der Waals surface area contributed by atoms with Gasteiger partial charge in [0.1, 0.15) is 0 Å². The number of carbonyl (C=O) groups is 1. The summed E-state index contributed by atoms with van der Waals surface area (Å²) in [5.74, 6) is -4.13. The Labute approximate surface area is 127 Å². The third-order valence-corrected chi connectivity index (χ3v) is 4.85. The zero-order valence-corrected chi connectivity index (χ0v) is 12.2. The van der Waals surface area contributed by atoms with E-state index in [1.54, 1.807) is 0 Å². The molecule has 3 fully saturated rings. The number of halogens is 3. The summed E-state index contributed by atoms with van der Waals surface area (Å²) in [6.07, 6.45) is 4.55. The second-order valence-corrected chi connectivity index (χ2v) is 6.73. The van der Waals surface area contributed by atoms with Crippen molar-refractivity contribution in [2.45, 2.75) is 56.0 Å². The molecule has 22 heavy (non-hydrogen) atoms. The van der Waals surface area contributed by atoms with Crippen LogP contribution < -0.4 is 11.1 Å². The van der Waals surface area contributed by atoms with Gasteiger partial charge in [0.25, 0.3) is 0 Å². The average molecular weight is 312 g/mol. The summed E-state index contributed by atoms with van der Waals surface area (Å²) in [4.78, 5) is 12.0. The van der Waals surface area contributed by atoms with Crippen LogP contribution in [0.2, 0.25) is 0 Å². The van der Waals surface area contributed by atoms with Gasteiger partial charge in [-0.2, -0.15) is 0 Å². The van der Waals surface area contributed by atoms with Gasteiger partial charge in [0.05, 0.1) is 0 Å². The Morgan fingerprint density at radius 2 is 1.91 bits per heavy atom. The summed E-state index contributed by atoms with van der Waals surface area (Å²) < 4.78 is 39.5. The van der Waals surface area contributed by atoms with E-state index in [1.165, 1.54) is 6.07 Å². The molecule has 0 heterocycles. The van der Waals surface area contributed by atoms with E-state index >= 15 is 0 Å². The summed E-state index contributed by atoms with van der Waals surface area (Å²) in [6.45, 7) is 0. The highest BCUT2D eigenvalue weighted by Crippen LogP contribution is 2.50. The predicted octanol–water partition coefficient (Wildman–Crippen LogP) is 2.57. The fourth-order valence-electron chi connectivity index (χ4n) is 3.94. The highest BCUT2D eigenvalue weighted by molar-refractivity contribution is 5.77. The van der Waals surface area contributed by atoms with E-state index in [9.17, 15) is 18.0 Å². The summed E-state index contributed by atoms with van der Waals surface area (Å²) in [5.41, 5.74) is 5.80. The molecule has 3 N–H and O–H groups in total. The van der Waals surface area contributed by atoms with Crippen LogP contribution in [0.1, 0.15) is 44.1 Å². The predicted molar refractivity (Wildman–Crippen MR) is 75.5 cm³/mol. The first-order valence-corrected chi connectivity index (χ1v) is 7.55. The Balaban J connectivity index is 1.56. The average Bonchev–Trinajstić information content (AvgIpc) is 2.42. The summed E-state index contributed by atoms with van der Waals surface area (Å²) in [5, 5.41) is 2.99. The molecule has 1 aromatic rings. The lowest BCUT2D eigenvalue weighted by Gasteiger charge is -2.59. The molecular formula is C16H19F3N2O. The Bertz CT molecular complexity index is 612. The molecule has 120 valence electrons. The third-order valence-electron chi connectivity index (χ3n) is 4.85. The lowest BCUT2D eigenvalue weighted by molar-refractivity contribution is -0.126. The van der Waals surface area contributed by atoms with Crippen LogP contribution >= 0.6 is 0 Å². The molecule has 0 saturated heterocycles. The van der Waals surface area contributed by atoms with Crippen molar-refractivity contribution in [3.63, 3.8) is 0 Å². The van der Waals surface area contributed by atoms with Crippen molar-refractivity contribution in [1.29, 1.82) is 0 Å². The number of rotatable bonds is 4. The zero-order valence-electron chi connectivity index (χ0n) is 12.2. The van der Waals surface area contributed by atoms with Crippen LogP contribution in [0.25, 0.3) is 0 Å². The monoisotopic (exact) mass is 312 g/mol. The SMILES string of the molecule is NC12CCCC(NC(=O)CCc3ccc(F)c(F)c3F)(C1)C2. The van der Waals surface area contributed by atoms with E-state index in [2.05, 4.69) is 5.32 Å². The molecule has 0 radical (unpaired) electrons. The Morgan fingerprint density at radius 1 is 1.18 bits per heavy atom. The first-order valence-electron chi connectivity index (χ1n) is 7.55. The number of nitrogens with two attached hydrogens (primary N) is 1. The van der Waals surface area contributed by atoms with Gasteiger partial charge in [-0.05, 0) is 50.2 Å².